The molecule has 0 aliphatic carbocycles. The second kappa shape index (κ2) is 6.71. The first-order chi connectivity index (χ1) is 13.6. The first-order valence-electron chi connectivity index (χ1n) is 9.98. The molecule has 3 aromatic rings. The second-order valence-electron chi connectivity index (χ2n) is 8.21. The van der Waals surface area contributed by atoms with Gasteiger partial charge in [0.2, 0.25) is 0 Å². The molecule has 0 amide bonds. The fraction of sp³-hybridized carbons (Fsp3) is 0.409. The van der Waals surface area contributed by atoms with Crippen molar-refractivity contribution in [3.63, 3.8) is 0 Å². The molecule has 0 radical (unpaired) electrons. The molecule has 6 heteroatoms. The van der Waals surface area contributed by atoms with Crippen molar-refractivity contribution in [2.45, 2.75) is 31.3 Å². The fourth-order valence-corrected chi connectivity index (χ4v) is 4.14. The lowest BCUT2D eigenvalue weighted by Gasteiger charge is -2.42. The number of para-hydroxylation sites is 1. The molecule has 4 heterocycles. The third-order valence-electron chi connectivity index (χ3n) is 6.02. The predicted octanol–water partition coefficient (Wildman–Crippen LogP) is 2.98. The molecule has 6 nitrogen and oxygen atoms in total. The molecule has 0 saturated carbocycles. The van der Waals surface area contributed by atoms with Crippen molar-refractivity contribution in [2.24, 2.45) is 0 Å². The van der Waals surface area contributed by atoms with Crippen molar-refractivity contribution >= 4 is 22.5 Å². The van der Waals surface area contributed by atoms with Gasteiger partial charge in [-0.2, -0.15) is 0 Å². The largest absolute Gasteiger partial charge is 0.390 e. The van der Waals surface area contributed by atoms with E-state index in [1.807, 2.05) is 19.1 Å². The molecule has 2 aromatic heterocycles. The van der Waals surface area contributed by atoms with Gasteiger partial charge in [0.1, 0.15) is 5.82 Å². The van der Waals surface area contributed by atoms with Gasteiger partial charge in [0.25, 0.3) is 0 Å². The van der Waals surface area contributed by atoms with Crippen LogP contribution >= 0.6 is 0 Å². The van der Waals surface area contributed by atoms with Crippen LogP contribution < -0.4 is 9.80 Å². The van der Waals surface area contributed by atoms with Gasteiger partial charge in [-0.1, -0.05) is 18.2 Å². The fourth-order valence-electron chi connectivity index (χ4n) is 4.14. The number of nitrogens with zero attached hydrogens (tertiary/aromatic N) is 5. The minimum atomic E-state index is -0.562. The van der Waals surface area contributed by atoms with Crippen LogP contribution in [-0.4, -0.2) is 51.8 Å². The molecule has 0 unspecified atom stereocenters. The zero-order chi connectivity index (χ0) is 19.1. The summed E-state index contributed by atoms with van der Waals surface area (Å²) < 4.78 is 0. The van der Waals surface area contributed by atoms with Gasteiger partial charge in [0, 0.05) is 49.9 Å². The van der Waals surface area contributed by atoms with Crippen LogP contribution in [0.2, 0.25) is 0 Å². The Hall–Kier alpha value is -2.73. The van der Waals surface area contributed by atoms with Crippen LogP contribution in [0.3, 0.4) is 0 Å². The number of fused-ring (bicyclic) bond motifs is 1. The van der Waals surface area contributed by atoms with E-state index in [-0.39, 0.29) is 0 Å². The van der Waals surface area contributed by atoms with Crippen molar-refractivity contribution in [2.75, 3.05) is 36.0 Å². The smallest absolute Gasteiger partial charge is 0.150 e. The van der Waals surface area contributed by atoms with Gasteiger partial charge in [-0.15, -0.1) is 0 Å². The summed E-state index contributed by atoms with van der Waals surface area (Å²) in [6, 6.07) is 12.5. The summed E-state index contributed by atoms with van der Waals surface area (Å²) in [7, 11) is 0. The molecule has 2 saturated heterocycles. The van der Waals surface area contributed by atoms with Gasteiger partial charge in [0.15, 0.2) is 5.82 Å². The van der Waals surface area contributed by atoms with E-state index in [1.165, 1.54) is 5.39 Å². The van der Waals surface area contributed by atoms with Crippen molar-refractivity contribution in [3.05, 3.63) is 54.5 Å². The lowest BCUT2D eigenvalue weighted by Crippen LogP contribution is -2.47. The van der Waals surface area contributed by atoms with Crippen LogP contribution in [-0.2, 0) is 0 Å². The van der Waals surface area contributed by atoms with E-state index in [1.54, 1.807) is 12.4 Å². The summed E-state index contributed by atoms with van der Waals surface area (Å²) in [6.07, 6.45) is 5.09. The Morgan fingerprint density at radius 3 is 2.54 bits per heavy atom. The summed E-state index contributed by atoms with van der Waals surface area (Å²) in [4.78, 5) is 18.7. The number of anilines is 2. The van der Waals surface area contributed by atoms with E-state index < -0.39 is 5.60 Å². The van der Waals surface area contributed by atoms with E-state index in [9.17, 15) is 5.11 Å². The lowest BCUT2D eigenvalue weighted by atomic mass is 9.92. The summed E-state index contributed by atoms with van der Waals surface area (Å²) in [5.41, 5.74) is 1.54. The summed E-state index contributed by atoms with van der Waals surface area (Å²) in [5, 5.41) is 11.4. The Morgan fingerprint density at radius 2 is 1.71 bits per heavy atom. The van der Waals surface area contributed by atoms with Crippen LogP contribution in [0.15, 0.2) is 48.8 Å². The van der Waals surface area contributed by atoms with Gasteiger partial charge in [-0.3, -0.25) is 4.98 Å². The number of aromatic nitrogens is 3. The number of pyridine rings is 1. The SMILES string of the molecule is CC1(O)CCN(c2nccnc2C2CN(c3ccc4ccccc4n3)C2)CC1. The lowest BCUT2D eigenvalue weighted by molar-refractivity contribution is 0.0349. The molecule has 2 aliphatic heterocycles. The number of hydrogen-bond acceptors (Lipinski definition) is 6. The highest BCUT2D eigenvalue weighted by Gasteiger charge is 2.35. The normalized spacial score (nSPS) is 19.6. The Bertz CT molecular complexity index is 989. The molecule has 1 N–H and O–H groups in total. The number of aliphatic hydroxyl groups is 1. The van der Waals surface area contributed by atoms with E-state index in [0.29, 0.717) is 5.92 Å². The maximum Gasteiger partial charge on any atom is 0.150 e. The first-order valence-corrected chi connectivity index (χ1v) is 9.98. The van der Waals surface area contributed by atoms with Crippen LogP contribution in [0.4, 0.5) is 11.6 Å². The molecule has 0 spiro atoms. The molecule has 2 fully saturated rings. The van der Waals surface area contributed by atoms with Crippen molar-refractivity contribution in [3.8, 4) is 0 Å². The van der Waals surface area contributed by atoms with Crippen LogP contribution in [0.5, 0.6) is 0 Å². The highest BCUT2D eigenvalue weighted by atomic mass is 16.3. The number of benzene rings is 1. The Labute approximate surface area is 164 Å². The first kappa shape index (κ1) is 17.4. The quantitative estimate of drug-likeness (QED) is 0.759. The van der Waals surface area contributed by atoms with E-state index in [2.05, 4.69) is 44.0 Å². The van der Waals surface area contributed by atoms with Crippen molar-refractivity contribution < 1.29 is 5.11 Å². The Balaban J connectivity index is 1.32. The molecule has 0 atom stereocenters. The van der Waals surface area contributed by atoms with E-state index in [0.717, 1.165) is 61.9 Å². The minimum absolute atomic E-state index is 0.361. The molecular formula is C22H25N5O. The average Bonchev–Trinajstić information content (AvgIpc) is 2.67. The number of piperidine rings is 1. The highest BCUT2D eigenvalue weighted by Crippen LogP contribution is 2.35. The molecular weight excluding hydrogens is 350 g/mol. The minimum Gasteiger partial charge on any atom is -0.390 e. The zero-order valence-corrected chi connectivity index (χ0v) is 16.1. The molecule has 5 rings (SSSR count). The Kier molecular flexibility index (Phi) is 4.16. The molecule has 144 valence electrons. The van der Waals surface area contributed by atoms with Crippen molar-refractivity contribution in [1.29, 1.82) is 0 Å². The van der Waals surface area contributed by atoms with Gasteiger partial charge >= 0.3 is 0 Å². The monoisotopic (exact) mass is 375 g/mol. The van der Waals surface area contributed by atoms with Gasteiger partial charge in [-0.25, -0.2) is 9.97 Å². The summed E-state index contributed by atoms with van der Waals surface area (Å²) >= 11 is 0. The van der Waals surface area contributed by atoms with E-state index >= 15 is 0 Å². The van der Waals surface area contributed by atoms with Crippen molar-refractivity contribution in [1.82, 2.24) is 15.0 Å². The standard InChI is InChI=1S/C22H25N5O/c1-22(28)8-12-26(13-9-22)21-20(23-10-11-24-21)17-14-27(15-17)19-7-6-16-4-2-3-5-18(16)25-19/h2-7,10-11,17,28H,8-9,12-15H2,1H3. The third kappa shape index (κ3) is 3.18. The number of rotatable bonds is 3. The van der Waals surface area contributed by atoms with Gasteiger partial charge in [0.05, 0.1) is 16.8 Å². The number of hydrogen-bond donors (Lipinski definition) is 1. The average molecular weight is 375 g/mol. The maximum absolute atomic E-state index is 10.2. The second-order valence-corrected chi connectivity index (χ2v) is 8.21. The van der Waals surface area contributed by atoms with Crippen LogP contribution in [0.25, 0.3) is 10.9 Å². The van der Waals surface area contributed by atoms with Gasteiger partial charge < -0.3 is 14.9 Å². The highest BCUT2D eigenvalue weighted by molar-refractivity contribution is 5.80. The molecule has 1 aromatic carbocycles. The van der Waals surface area contributed by atoms with Gasteiger partial charge in [-0.05, 0) is 38.0 Å². The van der Waals surface area contributed by atoms with Crippen LogP contribution in [0, 0.1) is 0 Å². The Morgan fingerprint density at radius 1 is 0.964 bits per heavy atom. The topological polar surface area (TPSA) is 65.4 Å². The summed E-state index contributed by atoms with van der Waals surface area (Å²) in [6.45, 7) is 5.37. The van der Waals surface area contributed by atoms with E-state index in [4.69, 9.17) is 4.98 Å². The van der Waals surface area contributed by atoms with Crippen LogP contribution in [0.1, 0.15) is 31.4 Å². The zero-order valence-electron chi connectivity index (χ0n) is 16.1. The predicted molar refractivity (Wildman–Crippen MR) is 111 cm³/mol. The maximum atomic E-state index is 10.2. The molecule has 2 aliphatic rings. The third-order valence-corrected chi connectivity index (χ3v) is 6.02. The molecule has 0 bridgehead atoms. The summed E-state index contributed by atoms with van der Waals surface area (Å²) in [5.74, 6) is 2.36. The molecule has 28 heavy (non-hydrogen) atoms.